The number of benzene rings is 1. The number of hydrogen-bond donors (Lipinski definition) is 3. The van der Waals surface area contributed by atoms with E-state index in [0.29, 0.717) is 17.4 Å². The minimum atomic E-state index is -0.489. The lowest BCUT2D eigenvalue weighted by atomic mass is 10.2. The first-order valence-corrected chi connectivity index (χ1v) is 7.65. The molecule has 0 fully saturated rings. The van der Waals surface area contributed by atoms with Crippen LogP contribution in [-0.2, 0) is 4.79 Å². The zero-order valence-corrected chi connectivity index (χ0v) is 12.4. The molecule has 0 aromatic heterocycles. The van der Waals surface area contributed by atoms with Crippen molar-refractivity contribution in [1.29, 1.82) is 0 Å². The number of nitrogens with one attached hydrogen (secondary N) is 1. The summed E-state index contributed by atoms with van der Waals surface area (Å²) in [5.41, 5.74) is 5.96. The smallest absolute Gasteiger partial charge is 0.224 e. The molecule has 1 rings (SSSR count). The molecule has 0 spiro atoms. The topological polar surface area (TPSA) is 75.3 Å². The van der Waals surface area contributed by atoms with Crippen molar-refractivity contribution in [3.63, 3.8) is 0 Å². The molecule has 0 aliphatic carbocycles. The van der Waals surface area contributed by atoms with Crippen LogP contribution in [-0.4, -0.2) is 28.6 Å². The van der Waals surface area contributed by atoms with Gasteiger partial charge in [-0.05, 0) is 36.8 Å². The Morgan fingerprint density at radius 2 is 2.30 bits per heavy atom. The van der Waals surface area contributed by atoms with E-state index in [2.05, 4.69) is 12.2 Å². The molecule has 4 N–H and O–H groups in total. The number of rotatable bonds is 8. The third-order valence-corrected chi connectivity index (χ3v) is 4.10. The summed E-state index contributed by atoms with van der Waals surface area (Å²) in [5, 5.41) is 11.9. The van der Waals surface area contributed by atoms with Crippen LogP contribution in [0, 0.1) is 5.82 Å². The second-order valence-electron chi connectivity index (χ2n) is 4.58. The van der Waals surface area contributed by atoms with Gasteiger partial charge in [0.25, 0.3) is 0 Å². The number of carbonyl (C=O) groups is 1. The van der Waals surface area contributed by atoms with Crippen LogP contribution in [0.3, 0.4) is 0 Å². The van der Waals surface area contributed by atoms with Crippen molar-refractivity contribution in [3.05, 3.63) is 24.0 Å². The van der Waals surface area contributed by atoms with Crippen molar-refractivity contribution in [2.24, 2.45) is 0 Å². The molecule has 112 valence electrons. The van der Waals surface area contributed by atoms with Crippen LogP contribution < -0.4 is 11.1 Å². The highest BCUT2D eigenvalue weighted by Crippen LogP contribution is 2.18. The highest BCUT2D eigenvalue weighted by Gasteiger charge is 2.06. The van der Waals surface area contributed by atoms with Crippen LogP contribution in [0.5, 0.6) is 0 Å². The first kappa shape index (κ1) is 16.8. The Hall–Kier alpha value is -1.27. The van der Waals surface area contributed by atoms with Gasteiger partial charge in [-0.2, -0.15) is 11.8 Å². The summed E-state index contributed by atoms with van der Waals surface area (Å²) in [6.07, 6.45) is 1.95. The van der Waals surface area contributed by atoms with Crippen molar-refractivity contribution in [2.75, 3.05) is 23.4 Å². The molecule has 6 heteroatoms. The predicted molar refractivity (Wildman–Crippen MR) is 82.3 cm³/mol. The van der Waals surface area contributed by atoms with Gasteiger partial charge in [0.05, 0.1) is 5.69 Å². The van der Waals surface area contributed by atoms with Crippen LogP contribution in [0.2, 0.25) is 0 Å². The van der Waals surface area contributed by atoms with Gasteiger partial charge in [0.1, 0.15) is 5.82 Å². The maximum atomic E-state index is 13.0. The van der Waals surface area contributed by atoms with Crippen LogP contribution in [0.15, 0.2) is 18.2 Å². The fraction of sp³-hybridized carbons (Fsp3) is 0.500. The minimum absolute atomic E-state index is 0.0242. The summed E-state index contributed by atoms with van der Waals surface area (Å²) in [5.74, 6) is 0.281. The molecule has 0 saturated heterocycles. The van der Waals surface area contributed by atoms with Crippen molar-refractivity contribution in [1.82, 2.24) is 0 Å². The lowest BCUT2D eigenvalue weighted by Crippen LogP contribution is -2.12. The molecule has 0 radical (unpaired) electrons. The maximum absolute atomic E-state index is 13.0. The monoisotopic (exact) mass is 300 g/mol. The molecule has 1 aromatic rings. The van der Waals surface area contributed by atoms with E-state index in [0.717, 1.165) is 18.6 Å². The average molecular weight is 300 g/mol. The Balaban J connectivity index is 2.25. The number of carbonyl (C=O) groups excluding carboxylic acids is 1. The molecule has 0 saturated carbocycles. The molecule has 1 amide bonds. The summed E-state index contributed by atoms with van der Waals surface area (Å²) in [4.78, 5) is 11.7. The van der Waals surface area contributed by atoms with Gasteiger partial charge in [0.15, 0.2) is 0 Å². The summed E-state index contributed by atoms with van der Waals surface area (Å²) in [6, 6.07) is 4.13. The van der Waals surface area contributed by atoms with E-state index < -0.39 is 5.82 Å². The fourth-order valence-electron chi connectivity index (χ4n) is 1.63. The normalized spacial score (nSPS) is 12.2. The van der Waals surface area contributed by atoms with Gasteiger partial charge >= 0.3 is 0 Å². The van der Waals surface area contributed by atoms with E-state index in [4.69, 9.17) is 10.8 Å². The molecule has 1 unspecified atom stereocenters. The van der Waals surface area contributed by atoms with Crippen molar-refractivity contribution >= 4 is 29.0 Å². The van der Waals surface area contributed by atoms with Crippen molar-refractivity contribution in [2.45, 2.75) is 31.4 Å². The number of aliphatic hydroxyl groups excluding tert-OH is 1. The number of amides is 1. The Morgan fingerprint density at radius 1 is 1.55 bits per heavy atom. The standard InChI is InChI=1S/C14H21FN2O2S/c1-10(6-7-18)20-8-2-3-14(19)17-11-4-5-12(15)13(16)9-11/h4-5,9-10,18H,2-3,6-8,16H2,1H3,(H,17,19). The van der Waals surface area contributed by atoms with E-state index in [9.17, 15) is 9.18 Å². The van der Waals surface area contributed by atoms with Gasteiger partial charge in [-0.1, -0.05) is 6.92 Å². The molecule has 0 aliphatic rings. The lowest BCUT2D eigenvalue weighted by molar-refractivity contribution is -0.116. The number of nitrogens with two attached hydrogens (primary N) is 1. The SMILES string of the molecule is CC(CCO)SCCCC(=O)Nc1ccc(F)c(N)c1. The predicted octanol–water partition coefficient (Wildman–Crippen LogP) is 2.63. The number of hydrogen-bond acceptors (Lipinski definition) is 4. The third kappa shape index (κ3) is 6.25. The Bertz CT molecular complexity index is 443. The fourth-order valence-corrected chi connectivity index (χ4v) is 2.61. The Morgan fingerprint density at radius 3 is 2.95 bits per heavy atom. The van der Waals surface area contributed by atoms with Gasteiger partial charge in [0.2, 0.25) is 5.91 Å². The molecule has 0 aliphatic heterocycles. The highest BCUT2D eigenvalue weighted by molar-refractivity contribution is 7.99. The summed E-state index contributed by atoms with van der Waals surface area (Å²) < 4.78 is 13.0. The van der Waals surface area contributed by atoms with Crippen LogP contribution in [0.25, 0.3) is 0 Å². The van der Waals surface area contributed by atoms with E-state index in [-0.39, 0.29) is 18.2 Å². The molecule has 20 heavy (non-hydrogen) atoms. The van der Waals surface area contributed by atoms with Gasteiger partial charge in [-0.3, -0.25) is 4.79 Å². The zero-order chi connectivity index (χ0) is 15.0. The molecular formula is C14H21FN2O2S. The van der Waals surface area contributed by atoms with E-state index in [1.807, 2.05) is 0 Å². The number of aliphatic hydroxyl groups is 1. The quantitative estimate of drug-likeness (QED) is 0.509. The largest absolute Gasteiger partial charge is 0.396 e. The van der Waals surface area contributed by atoms with Crippen molar-refractivity contribution < 1.29 is 14.3 Å². The summed E-state index contributed by atoms with van der Waals surface area (Å²) >= 11 is 1.74. The van der Waals surface area contributed by atoms with Gasteiger partial charge in [-0.15, -0.1) is 0 Å². The van der Waals surface area contributed by atoms with E-state index >= 15 is 0 Å². The number of thioether (sulfide) groups is 1. The average Bonchev–Trinajstić information content (AvgIpc) is 2.39. The number of anilines is 2. The maximum Gasteiger partial charge on any atom is 0.224 e. The molecule has 1 aromatic carbocycles. The highest BCUT2D eigenvalue weighted by atomic mass is 32.2. The lowest BCUT2D eigenvalue weighted by Gasteiger charge is -2.09. The van der Waals surface area contributed by atoms with Crippen LogP contribution >= 0.6 is 11.8 Å². The van der Waals surface area contributed by atoms with E-state index in [1.165, 1.54) is 18.2 Å². The van der Waals surface area contributed by atoms with Gasteiger partial charge in [-0.25, -0.2) is 4.39 Å². The summed E-state index contributed by atoms with van der Waals surface area (Å²) in [6.45, 7) is 2.25. The van der Waals surface area contributed by atoms with Crippen LogP contribution in [0.1, 0.15) is 26.2 Å². The second-order valence-corrected chi connectivity index (χ2v) is 6.13. The van der Waals surface area contributed by atoms with Gasteiger partial charge in [0, 0.05) is 24.0 Å². The molecule has 0 heterocycles. The van der Waals surface area contributed by atoms with Crippen molar-refractivity contribution in [3.8, 4) is 0 Å². The second kappa shape index (κ2) is 8.81. The molecule has 0 bridgehead atoms. The molecular weight excluding hydrogens is 279 g/mol. The third-order valence-electron chi connectivity index (χ3n) is 2.77. The number of halogens is 1. The first-order chi connectivity index (χ1) is 9.52. The first-order valence-electron chi connectivity index (χ1n) is 6.60. The minimum Gasteiger partial charge on any atom is -0.396 e. The Kier molecular flexibility index (Phi) is 7.40. The summed E-state index contributed by atoms with van der Waals surface area (Å²) in [7, 11) is 0. The zero-order valence-electron chi connectivity index (χ0n) is 11.6. The number of nitrogen functional groups attached to an aromatic ring is 1. The molecule has 4 nitrogen and oxygen atoms in total. The molecule has 1 atom stereocenters. The Labute approximate surface area is 122 Å². The van der Waals surface area contributed by atoms with Crippen LogP contribution in [0.4, 0.5) is 15.8 Å². The van der Waals surface area contributed by atoms with Gasteiger partial charge < -0.3 is 16.2 Å². The van der Waals surface area contributed by atoms with E-state index in [1.54, 1.807) is 11.8 Å².